The third kappa shape index (κ3) is 4.52. The van der Waals surface area contributed by atoms with Gasteiger partial charge in [-0.15, -0.1) is 0 Å². The van der Waals surface area contributed by atoms with Gasteiger partial charge in [-0.2, -0.15) is 0 Å². The molecule has 1 aromatic carbocycles. The van der Waals surface area contributed by atoms with Gasteiger partial charge in [-0.05, 0) is 19.1 Å². The largest absolute Gasteiger partial charge is 0.497 e. The first-order chi connectivity index (χ1) is 8.69. The van der Waals surface area contributed by atoms with E-state index >= 15 is 0 Å². The van der Waals surface area contributed by atoms with Gasteiger partial charge in [-0.1, -0.05) is 0 Å². The molecule has 102 valence electrons. The lowest BCUT2D eigenvalue weighted by Gasteiger charge is -2.14. The van der Waals surface area contributed by atoms with Gasteiger partial charge in [-0.25, -0.2) is 0 Å². The standard InChI is InChI=1S/C13H20O5/c1-10(15)12-4-3-11(16-2)9-13(12)18-8-7-17-6-5-14/h3-4,9-10,14-15H,5-8H2,1-2H3. The van der Waals surface area contributed by atoms with Gasteiger partial charge >= 0.3 is 0 Å². The van der Waals surface area contributed by atoms with Crippen LogP contribution in [0.5, 0.6) is 11.5 Å². The van der Waals surface area contributed by atoms with E-state index in [4.69, 9.17) is 19.3 Å². The van der Waals surface area contributed by atoms with Gasteiger partial charge in [0.15, 0.2) is 0 Å². The van der Waals surface area contributed by atoms with Gasteiger partial charge in [0.05, 0.1) is 33.0 Å². The van der Waals surface area contributed by atoms with E-state index in [1.165, 1.54) is 0 Å². The molecule has 0 spiro atoms. The maximum atomic E-state index is 9.62. The maximum absolute atomic E-state index is 9.62. The predicted octanol–water partition coefficient (Wildman–Crippen LogP) is 1.14. The Hall–Kier alpha value is -1.30. The van der Waals surface area contributed by atoms with Crippen molar-refractivity contribution in [3.8, 4) is 11.5 Å². The van der Waals surface area contributed by atoms with Crippen molar-refractivity contribution in [3.05, 3.63) is 23.8 Å². The minimum atomic E-state index is -0.607. The molecule has 0 aliphatic carbocycles. The number of hydrogen-bond donors (Lipinski definition) is 2. The molecule has 0 amide bonds. The van der Waals surface area contributed by atoms with Crippen LogP contribution in [-0.2, 0) is 4.74 Å². The average molecular weight is 256 g/mol. The van der Waals surface area contributed by atoms with E-state index in [9.17, 15) is 5.11 Å². The minimum absolute atomic E-state index is 0.00190. The molecule has 1 atom stereocenters. The maximum Gasteiger partial charge on any atom is 0.128 e. The molecule has 0 saturated carbocycles. The number of methoxy groups -OCH3 is 1. The normalized spacial score (nSPS) is 12.2. The predicted molar refractivity (Wildman–Crippen MR) is 67.0 cm³/mol. The first-order valence-electron chi connectivity index (χ1n) is 5.86. The molecular formula is C13H20O5. The van der Waals surface area contributed by atoms with Gasteiger partial charge in [0.1, 0.15) is 18.1 Å². The van der Waals surface area contributed by atoms with Gasteiger partial charge < -0.3 is 24.4 Å². The van der Waals surface area contributed by atoms with Crippen LogP contribution in [0.3, 0.4) is 0 Å². The second-order valence-corrected chi connectivity index (χ2v) is 3.76. The number of aliphatic hydroxyl groups excluding tert-OH is 2. The highest BCUT2D eigenvalue weighted by Gasteiger charge is 2.10. The summed E-state index contributed by atoms with van der Waals surface area (Å²) in [6, 6.07) is 5.28. The van der Waals surface area contributed by atoms with Crippen LogP contribution in [0, 0.1) is 0 Å². The minimum Gasteiger partial charge on any atom is -0.497 e. The van der Waals surface area contributed by atoms with Crippen LogP contribution in [-0.4, -0.2) is 43.8 Å². The number of ether oxygens (including phenoxy) is 3. The van der Waals surface area contributed by atoms with Crippen LogP contribution < -0.4 is 9.47 Å². The number of benzene rings is 1. The average Bonchev–Trinajstić information content (AvgIpc) is 2.38. The van der Waals surface area contributed by atoms with E-state index in [1.807, 2.05) is 0 Å². The molecule has 1 unspecified atom stereocenters. The lowest BCUT2D eigenvalue weighted by atomic mass is 10.1. The molecule has 5 nitrogen and oxygen atoms in total. The second kappa shape index (κ2) is 7.92. The molecule has 0 radical (unpaired) electrons. The SMILES string of the molecule is COc1ccc(C(C)O)c(OCCOCCO)c1. The van der Waals surface area contributed by atoms with Crippen LogP contribution in [0.15, 0.2) is 18.2 Å². The van der Waals surface area contributed by atoms with Gasteiger partial charge in [-0.3, -0.25) is 0 Å². The zero-order valence-electron chi connectivity index (χ0n) is 10.8. The Morgan fingerprint density at radius 3 is 2.61 bits per heavy atom. The molecule has 2 N–H and O–H groups in total. The lowest BCUT2D eigenvalue weighted by Crippen LogP contribution is -2.10. The first-order valence-corrected chi connectivity index (χ1v) is 5.86. The summed E-state index contributed by atoms with van der Waals surface area (Å²) in [4.78, 5) is 0. The smallest absolute Gasteiger partial charge is 0.128 e. The van der Waals surface area contributed by atoms with Crippen LogP contribution in [0.4, 0.5) is 0 Å². The monoisotopic (exact) mass is 256 g/mol. The Bertz CT molecular complexity index is 351. The van der Waals surface area contributed by atoms with Crippen molar-refractivity contribution < 1.29 is 24.4 Å². The summed E-state index contributed by atoms with van der Waals surface area (Å²) in [7, 11) is 1.57. The molecule has 0 aromatic heterocycles. The second-order valence-electron chi connectivity index (χ2n) is 3.76. The third-order valence-electron chi connectivity index (χ3n) is 2.39. The highest BCUT2D eigenvalue weighted by Crippen LogP contribution is 2.29. The summed E-state index contributed by atoms with van der Waals surface area (Å²) in [6.45, 7) is 2.71. The van der Waals surface area contributed by atoms with Crippen molar-refractivity contribution in [3.63, 3.8) is 0 Å². The number of hydrogen-bond acceptors (Lipinski definition) is 5. The Morgan fingerprint density at radius 2 is 2.00 bits per heavy atom. The van der Waals surface area contributed by atoms with E-state index < -0.39 is 6.10 Å². The van der Waals surface area contributed by atoms with Crippen LogP contribution in [0.2, 0.25) is 0 Å². The topological polar surface area (TPSA) is 68.2 Å². The lowest BCUT2D eigenvalue weighted by molar-refractivity contribution is 0.0695. The summed E-state index contributed by atoms with van der Waals surface area (Å²) in [5.41, 5.74) is 0.706. The fraction of sp³-hybridized carbons (Fsp3) is 0.538. The van der Waals surface area contributed by atoms with Crippen molar-refractivity contribution in [2.45, 2.75) is 13.0 Å². The van der Waals surface area contributed by atoms with Crippen molar-refractivity contribution in [1.82, 2.24) is 0 Å². The fourth-order valence-electron chi connectivity index (χ4n) is 1.49. The van der Waals surface area contributed by atoms with E-state index in [1.54, 1.807) is 32.2 Å². The summed E-state index contributed by atoms with van der Waals surface area (Å²) in [5.74, 6) is 1.25. The van der Waals surface area contributed by atoms with E-state index in [0.717, 1.165) is 0 Å². The summed E-state index contributed by atoms with van der Waals surface area (Å²) >= 11 is 0. The summed E-state index contributed by atoms with van der Waals surface area (Å²) < 4.78 is 15.7. The van der Waals surface area contributed by atoms with Crippen molar-refractivity contribution in [2.24, 2.45) is 0 Å². The molecule has 1 rings (SSSR count). The van der Waals surface area contributed by atoms with Crippen LogP contribution in [0.1, 0.15) is 18.6 Å². The Kier molecular flexibility index (Phi) is 6.49. The number of aliphatic hydroxyl groups is 2. The molecule has 1 aromatic rings. The quantitative estimate of drug-likeness (QED) is 0.683. The highest BCUT2D eigenvalue weighted by molar-refractivity contribution is 5.41. The van der Waals surface area contributed by atoms with Crippen molar-refractivity contribution in [2.75, 3.05) is 33.5 Å². The van der Waals surface area contributed by atoms with Gasteiger partial charge in [0.2, 0.25) is 0 Å². The molecule has 0 heterocycles. The van der Waals surface area contributed by atoms with Gasteiger partial charge in [0.25, 0.3) is 0 Å². The summed E-state index contributed by atoms with van der Waals surface area (Å²) in [6.07, 6.45) is -0.607. The van der Waals surface area contributed by atoms with Crippen molar-refractivity contribution in [1.29, 1.82) is 0 Å². The zero-order valence-corrected chi connectivity index (χ0v) is 10.8. The van der Waals surface area contributed by atoms with Crippen LogP contribution >= 0.6 is 0 Å². The molecule has 0 fully saturated rings. The Labute approximate surface area is 107 Å². The van der Waals surface area contributed by atoms with E-state index in [0.29, 0.717) is 36.9 Å². The third-order valence-corrected chi connectivity index (χ3v) is 2.39. The first kappa shape index (κ1) is 14.8. The zero-order chi connectivity index (χ0) is 13.4. The fourth-order valence-corrected chi connectivity index (χ4v) is 1.49. The molecule has 18 heavy (non-hydrogen) atoms. The molecule has 0 bridgehead atoms. The summed E-state index contributed by atoms with van der Waals surface area (Å²) in [5, 5.41) is 18.2. The highest BCUT2D eigenvalue weighted by atomic mass is 16.5. The molecule has 5 heteroatoms. The van der Waals surface area contributed by atoms with Gasteiger partial charge in [0, 0.05) is 11.6 Å². The molecule has 0 aliphatic rings. The Balaban J connectivity index is 2.60. The number of rotatable bonds is 8. The molecule has 0 saturated heterocycles. The Morgan fingerprint density at radius 1 is 1.22 bits per heavy atom. The van der Waals surface area contributed by atoms with Crippen LogP contribution in [0.25, 0.3) is 0 Å². The van der Waals surface area contributed by atoms with Crippen molar-refractivity contribution >= 4 is 0 Å². The van der Waals surface area contributed by atoms with E-state index in [2.05, 4.69) is 0 Å². The molecular weight excluding hydrogens is 236 g/mol. The molecule has 0 aliphatic heterocycles. The van der Waals surface area contributed by atoms with E-state index in [-0.39, 0.29) is 6.61 Å².